The van der Waals surface area contributed by atoms with Gasteiger partial charge in [-0.1, -0.05) is 0 Å². The number of rotatable bonds is 3. The van der Waals surface area contributed by atoms with Gasteiger partial charge in [-0.3, -0.25) is 0 Å². The number of nitrogens with zero attached hydrogens (tertiary/aromatic N) is 9. The Bertz CT molecular complexity index is 1040. The van der Waals surface area contributed by atoms with Crippen LogP contribution in [0, 0.1) is 0 Å². The van der Waals surface area contributed by atoms with Crippen molar-refractivity contribution in [1.82, 2.24) is 29.8 Å². The number of hydrogen-bond donors (Lipinski definition) is 0. The molecule has 0 bridgehead atoms. The van der Waals surface area contributed by atoms with Crippen LogP contribution in [0.4, 0.5) is 30.8 Å². The second-order valence-corrected chi connectivity index (χ2v) is 7.37. The minimum absolute atomic E-state index is 0.0696. The number of fused-ring (bicyclic) bond motifs is 1. The molecule has 0 radical (unpaired) electrons. The van der Waals surface area contributed by atoms with Gasteiger partial charge in [0.2, 0.25) is 5.95 Å². The highest BCUT2D eigenvalue weighted by Gasteiger charge is 2.38. The van der Waals surface area contributed by atoms with E-state index in [1.165, 1.54) is 6.07 Å². The molecule has 0 aliphatic carbocycles. The number of alkyl halides is 3. The lowest BCUT2D eigenvalue weighted by molar-refractivity contribution is -0.146. The first-order valence-electron chi connectivity index (χ1n) is 9.86. The first-order valence-corrected chi connectivity index (χ1v) is 9.86. The van der Waals surface area contributed by atoms with Crippen LogP contribution in [0.5, 0.6) is 0 Å². The van der Waals surface area contributed by atoms with E-state index >= 15 is 0 Å². The van der Waals surface area contributed by atoms with E-state index in [0.29, 0.717) is 32.0 Å². The third-order valence-corrected chi connectivity index (χ3v) is 5.45. The quantitative estimate of drug-likeness (QED) is 0.637. The minimum atomic E-state index is -4.61. The minimum Gasteiger partial charge on any atom is -0.353 e. The van der Waals surface area contributed by atoms with Crippen LogP contribution in [-0.2, 0) is 6.18 Å². The summed E-state index contributed by atoms with van der Waals surface area (Å²) in [6, 6.07) is 5.08. The fourth-order valence-electron chi connectivity index (χ4n) is 3.87. The largest absolute Gasteiger partial charge is 0.453 e. The molecule has 3 aromatic heterocycles. The van der Waals surface area contributed by atoms with Crippen molar-refractivity contribution in [2.45, 2.75) is 19.0 Å². The number of hydrogen-bond acceptors (Lipinski definition) is 8. The van der Waals surface area contributed by atoms with Crippen molar-refractivity contribution < 1.29 is 13.2 Å². The van der Waals surface area contributed by atoms with Gasteiger partial charge in [-0.05, 0) is 31.0 Å². The van der Waals surface area contributed by atoms with Crippen LogP contribution in [0.3, 0.4) is 0 Å². The third-order valence-electron chi connectivity index (χ3n) is 5.45. The van der Waals surface area contributed by atoms with Crippen LogP contribution in [0.2, 0.25) is 0 Å². The van der Waals surface area contributed by atoms with Crippen LogP contribution < -0.4 is 14.7 Å². The zero-order valence-electron chi connectivity index (χ0n) is 16.1. The number of aromatic nitrogens is 6. The smallest absolute Gasteiger partial charge is 0.353 e. The summed E-state index contributed by atoms with van der Waals surface area (Å²) >= 11 is 0. The van der Waals surface area contributed by atoms with Gasteiger partial charge in [0.1, 0.15) is 11.6 Å². The Labute approximate surface area is 170 Å². The molecule has 0 saturated carbocycles. The topological polar surface area (TPSA) is 78.6 Å². The van der Waals surface area contributed by atoms with Gasteiger partial charge in [-0.25, -0.2) is 4.98 Å². The molecule has 5 rings (SSSR count). The van der Waals surface area contributed by atoms with Gasteiger partial charge in [0.25, 0.3) is 5.82 Å². The molecule has 0 spiro atoms. The van der Waals surface area contributed by atoms with E-state index in [4.69, 9.17) is 4.98 Å². The second kappa shape index (κ2) is 7.26. The summed E-state index contributed by atoms with van der Waals surface area (Å²) in [5, 5.41) is 10.9. The van der Waals surface area contributed by atoms with Crippen LogP contribution in [0.15, 0.2) is 24.4 Å². The van der Waals surface area contributed by atoms with Crippen molar-refractivity contribution in [3.05, 3.63) is 30.2 Å². The Morgan fingerprint density at radius 2 is 1.47 bits per heavy atom. The molecule has 0 aromatic carbocycles. The van der Waals surface area contributed by atoms with Crippen molar-refractivity contribution in [2.75, 3.05) is 54.0 Å². The lowest BCUT2D eigenvalue weighted by atomic mass is 10.3. The Balaban J connectivity index is 1.31. The number of halogens is 3. The second-order valence-electron chi connectivity index (χ2n) is 7.37. The molecule has 12 heteroatoms. The molecule has 158 valence electrons. The maximum atomic E-state index is 13.1. The predicted molar refractivity (Wildman–Crippen MR) is 104 cm³/mol. The zero-order valence-corrected chi connectivity index (χ0v) is 16.1. The molecular weight excluding hydrogens is 399 g/mol. The molecule has 2 aliphatic heterocycles. The molecule has 3 aromatic rings. The number of piperazine rings is 1. The van der Waals surface area contributed by atoms with E-state index in [-0.39, 0.29) is 5.65 Å². The lowest BCUT2D eigenvalue weighted by Gasteiger charge is -2.36. The summed E-state index contributed by atoms with van der Waals surface area (Å²) < 4.78 is 40.1. The summed E-state index contributed by atoms with van der Waals surface area (Å²) in [7, 11) is 0. The summed E-state index contributed by atoms with van der Waals surface area (Å²) in [6.45, 7) is 4.56. The van der Waals surface area contributed by atoms with Crippen molar-refractivity contribution in [3.63, 3.8) is 0 Å². The lowest BCUT2D eigenvalue weighted by Crippen LogP contribution is -2.47. The molecule has 30 heavy (non-hydrogen) atoms. The van der Waals surface area contributed by atoms with E-state index < -0.39 is 12.0 Å². The van der Waals surface area contributed by atoms with E-state index in [1.54, 1.807) is 12.3 Å². The summed E-state index contributed by atoms with van der Waals surface area (Å²) in [5.41, 5.74) is 0.0696. The Kier molecular flexibility index (Phi) is 4.55. The Hall–Kier alpha value is -3.18. The van der Waals surface area contributed by atoms with E-state index in [0.717, 1.165) is 42.2 Å². The van der Waals surface area contributed by atoms with Crippen LogP contribution in [-0.4, -0.2) is 69.0 Å². The van der Waals surface area contributed by atoms with Crippen molar-refractivity contribution in [3.8, 4) is 0 Å². The molecule has 5 heterocycles. The van der Waals surface area contributed by atoms with Gasteiger partial charge in [-0.15, -0.1) is 15.3 Å². The fourth-order valence-corrected chi connectivity index (χ4v) is 3.87. The third kappa shape index (κ3) is 3.46. The van der Waals surface area contributed by atoms with E-state index in [2.05, 4.69) is 30.1 Å². The molecule has 0 unspecified atom stereocenters. The summed E-state index contributed by atoms with van der Waals surface area (Å²) in [4.78, 5) is 15.4. The first-order chi connectivity index (χ1) is 14.5. The standard InChI is InChI=1S/C18H20F3N9/c19-18(20,21)16-25-24-14-3-4-15(26-30(14)16)28-11-9-27(10-12-28)13-5-6-22-17(23-13)29-7-1-2-8-29/h3-6H,1-2,7-12H2. The average molecular weight is 419 g/mol. The summed E-state index contributed by atoms with van der Waals surface area (Å²) in [5.74, 6) is 0.973. The van der Waals surface area contributed by atoms with Gasteiger partial charge in [0.15, 0.2) is 5.65 Å². The van der Waals surface area contributed by atoms with Gasteiger partial charge >= 0.3 is 6.18 Å². The maximum absolute atomic E-state index is 13.1. The zero-order chi connectivity index (χ0) is 20.7. The monoisotopic (exact) mass is 419 g/mol. The molecule has 0 atom stereocenters. The van der Waals surface area contributed by atoms with Gasteiger partial charge in [-0.2, -0.15) is 22.7 Å². The van der Waals surface area contributed by atoms with Gasteiger partial charge in [0, 0.05) is 45.5 Å². The Morgan fingerprint density at radius 1 is 0.767 bits per heavy atom. The average Bonchev–Trinajstić information content (AvgIpc) is 3.43. The highest BCUT2D eigenvalue weighted by molar-refractivity contribution is 5.49. The first kappa shape index (κ1) is 18.8. The Morgan fingerprint density at radius 3 is 2.17 bits per heavy atom. The van der Waals surface area contributed by atoms with Gasteiger partial charge in [0.05, 0.1) is 0 Å². The highest BCUT2D eigenvalue weighted by atomic mass is 19.4. The molecule has 0 amide bonds. The molecular formula is C18H20F3N9. The predicted octanol–water partition coefficient (Wildman–Crippen LogP) is 1.86. The molecule has 0 N–H and O–H groups in total. The van der Waals surface area contributed by atoms with E-state index in [1.807, 2.05) is 11.0 Å². The van der Waals surface area contributed by atoms with Crippen LogP contribution in [0.25, 0.3) is 5.65 Å². The molecule has 2 saturated heterocycles. The SMILES string of the molecule is FC(F)(F)c1nnc2ccc(N3CCN(c4ccnc(N5CCCC5)n4)CC3)nn12. The molecule has 9 nitrogen and oxygen atoms in total. The maximum Gasteiger partial charge on any atom is 0.453 e. The number of anilines is 3. The van der Waals surface area contributed by atoms with Crippen molar-refractivity contribution in [2.24, 2.45) is 0 Å². The highest BCUT2D eigenvalue weighted by Crippen LogP contribution is 2.28. The van der Waals surface area contributed by atoms with Gasteiger partial charge < -0.3 is 14.7 Å². The van der Waals surface area contributed by atoms with E-state index in [9.17, 15) is 13.2 Å². The molecule has 2 fully saturated rings. The van der Waals surface area contributed by atoms with Crippen LogP contribution >= 0.6 is 0 Å². The molecule has 2 aliphatic rings. The fraction of sp³-hybridized carbons (Fsp3) is 0.500. The van der Waals surface area contributed by atoms with Crippen molar-refractivity contribution in [1.29, 1.82) is 0 Å². The normalized spacial score (nSPS) is 17.9. The van der Waals surface area contributed by atoms with Crippen LogP contribution in [0.1, 0.15) is 18.7 Å². The van der Waals surface area contributed by atoms with Crippen molar-refractivity contribution >= 4 is 23.2 Å². The summed E-state index contributed by atoms with van der Waals surface area (Å²) in [6.07, 6.45) is -0.509.